The zero-order chi connectivity index (χ0) is 19.7. The Morgan fingerprint density at radius 1 is 1.14 bits per heavy atom. The van der Waals surface area contributed by atoms with Crippen molar-refractivity contribution in [2.75, 3.05) is 20.1 Å². The van der Waals surface area contributed by atoms with Crippen LogP contribution >= 0.6 is 0 Å². The maximum atomic E-state index is 11.5. The third kappa shape index (κ3) is 3.68. The highest BCUT2D eigenvalue weighted by Gasteiger charge is 2.20. The van der Waals surface area contributed by atoms with Crippen LogP contribution in [0.15, 0.2) is 42.5 Å². The summed E-state index contributed by atoms with van der Waals surface area (Å²) in [5.41, 5.74) is 8.68. The molecule has 1 atom stereocenters. The normalized spacial score (nSPS) is 17.6. The van der Waals surface area contributed by atoms with Gasteiger partial charge in [-0.2, -0.15) is 5.10 Å². The molecule has 1 aromatic heterocycles. The molecule has 4 rings (SSSR count). The van der Waals surface area contributed by atoms with Crippen LogP contribution in [0.4, 0.5) is 0 Å². The van der Waals surface area contributed by atoms with Gasteiger partial charge in [-0.1, -0.05) is 18.2 Å². The monoisotopic (exact) mass is 376 g/mol. The van der Waals surface area contributed by atoms with Gasteiger partial charge in [0.05, 0.1) is 5.69 Å². The van der Waals surface area contributed by atoms with Crippen LogP contribution < -0.4 is 10.5 Å². The summed E-state index contributed by atoms with van der Waals surface area (Å²) in [6.45, 7) is 3.94. The summed E-state index contributed by atoms with van der Waals surface area (Å²) in [5, 5.41) is 10.6. The van der Waals surface area contributed by atoms with Gasteiger partial charge in [-0.3, -0.25) is 4.79 Å². The number of rotatable bonds is 4. The molecule has 0 spiro atoms. The molecule has 144 valence electrons. The Kier molecular flexibility index (Phi) is 4.96. The Bertz CT molecular complexity index is 1030. The minimum Gasteiger partial charge on any atom is -0.471 e. The Hall–Kier alpha value is -2.99. The number of nitrogens with zero attached hydrogens (tertiary/aromatic N) is 3. The van der Waals surface area contributed by atoms with Crippen molar-refractivity contribution in [2.45, 2.75) is 25.9 Å². The Labute approximate surface area is 164 Å². The summed E-state index contributed by atoms with van der Waals surface area (Å²) in [6.07, 6.45) is 2.28. The number of carbonyl (C=O) groups is 1. The summed E-state index contributed by atoms with van der Waals surface area (Å²) in [5.74, 6) is 0.149. The molecule has 6 heteroatoms. The zero-order valence-corrected chi connectivity index (χ0v) is 16.2. The topological polar surface area (TPSA) is 81.3 Å². The number of benzene rings is 2. The maximum absolute atomic E-state index is 11.5. The van der Waals surface area contributed by atoms with Gasteiger partial charge in [-0.05, 0) is 68.8 Å². The zero-order valence-electron chi connectivity index (χ0n) is 16.2. The second-order valence-corrected chi connectivity index (χ2v) is 7.44. The van der Waals surface area contributed by atoms with Crippen LogP contribution in [0.5, 0.6) is 5.88 Å². The SMILES string of the molecule is Cc1nnc(OC2CCCN(C)C2)c2ccc(-c3cccc(C(N)=O)c3)cc12. The number of carbonyl (C=O) groups excluding carboxylic acids is 1. The second-order valence-electron chi connectivity index (χ2n) is 7.44. The predicted molar refractivity (Wildman–Crippen MR) is 109 cm³/mol. The van der Waals surface area contributed by atoms with Gasteiger partial charge in [-0.15, -0.1) is 5.10 Å². The van der Waals surface area contributed by atoms with E-state index >= 15 is 0 Å². The third-order valence-corrected chi connectivity index (χ3v) is 5.27. The number of hydrogen-bond acceptors (Lipinski definition) is 5. The highest BCUT2D eigenvalue weighted by Crippen LogP contribution is 2.31. The van der Waals surface area contributed by atoms with Crippen LogP contribution in [0.1, 0.15) is 28.9 Å². The first-order valence-electron chi connectivity index (χ1n) is 9.54. The molecular weight excluding hydrogens is 352 g/mol. The van der Waals surface area contributed by atoms with E-state index < -0.39 is 5.91 Å². The molecule has 28 heavy (non-hydrogen) atoms. The molecule has 0 saturated carbocycles. The van der Waals surface area contributed by atoms with Gasteiger partial charge in [0.2, 0.25) is 11.8 Å². The number of nitrogens with two attached hydrogens (primary N) is 1. The van der Waals surface area contributed by atoms with Crippen molar-refractivity contribution in [1.29, 1.82) is 0 Å². The molecule has 0 bridgehead atoms. The van der Waals surface area contributed by atoms with E-state index in [4.69, 9.17) is 10.5 Å². The summed E-state index contributed by atoms with van der Waals surface area (Å²) in [4.78, 5) is 13.8. The number of hydrogen-bond donors (Lipinski definition) is 1. The highest BCUT2D eigenvalue weighted by atomic mass is 16.5. The summed E-state index contributed by atoms with van der Waals surface area (Å²) < 4.78 is 6.21. The summed E-state index contributed by atoms with van der Waals surface area (Å²) in [7, 11) is 2.11. The van der Waals surface area contributed by atoms with Crippen LogP contribution in [-0.4, -0.2) is 47.2 Å². The standard InChI is InChI=1S/C22H24N4O2/c1-14-20-12-16(15-5-3-6-17(11-15)21(23)27)8-9-19(20)22(25-24-14)28-18-7-4-10-26(2)13-18/h3,5-6,8-9,11-12,18H,4,7,10,13H2,1-2H3,(H2,23,27). The van der Waals surface area contributed by atoms with Gasteiger partial charge >= 0.3 is 0 Å². The van der Waals surface area contributed by atoms with E-state index in [1.54, 1.807) is 6.07 Å². The fourth-order valence-corrected chi connectivity index (χ4v) is 3.75. The molecule has 1 unspecified atom stereocenters. The Morgan fingerprint density at radius 2 is 1.96 bits per heavy atom. The number of ether oxygens (including phenoxy) is 1. The first kappa shape index (κ1) is 18.4. The smallest absolute Gasteiger partial charge is 0.248 e. The molecule has 2 heterocycles. The van der Waals surface area contributed by atoms with Crippen LogP contribution in [0.3, 0.4) is 0 Å². The highest BCUT2D eigenvalue weighted by molar-refractivity contribution is 5.95. The van der Waals surface area contributed by atoms with Gasteiger partial charge in [0, 0.05) is 22.9 Å². The molecule has 3 aromatic rings. The second kappa shape index (κ2) is 7.56. The number of primary amides is 1. The van der Waals surface area contributed by atoms with Crippen molar-refractivity contribution in [3.63, 3.8) is 0 Å². The molecule has 0 radical (unpaired) electrons. The van der Waals surface area contributed by atoms with E-state index in [0.29, 0.717) is 11.4 Å². The summed E-state index contributed by atoms with van der Waals surface area (Å²) in [6, 6.07) is 13.4. The van der Waals surface area contributed by atoms with Gasteiger partial charge in [-0.25, -0.2) is 0 Å². The number of piperidine rings is 1. The first-order chi connectivity index (χ1) is 13.5. The number of aromatic nitrogens is 2. The van der Waals surface area contributed by atoms with Gasteiger partial charge in [0.25, 0.3) is 0 Å². The van der Waals surface area contributed by atoms with Crippen molar-refractivity contribution >= 4 is 16.7 Å². The van der Waals surface area contributed by atoms with E-state index in [1.165, 1.54) is 0 Å². The van der Waals surface area contributed by atoms with E-state index in [9.17, 15) is 4.79 Å². The number of likely N-dealkylation sites (N-methyl/N-ethyl adjacent to an activating group) is 1. The molecule has 2 N–H and O–H groups in total. The largest absolute Gasteiger partial charge is 0.471 e. The molecule has 0 aliphatic carbocycles. The van der Waals surface area contributed by atoms with E-state index in [1.807, 2.05) is 37.3 Å². The van der Waals surface area contributed by atoms with Crippen molar-refractivity contribution in [3.05, 3.63) is 53.7 Å². The van der Waals surface area contributed by atoms with Crippen molar-refractivity contribution in [1.82, 2.24) is 15.1 Å². The molecule has 1 amide bonds. The average molecular weight is 376 g/mol. The van der Waals surface area contributed by atoms with Crippen molar-refractivity contribution in [2.24, 2.45) is 5.73 Å². The average Bonchev–Trinajstić information content (AvgIpc) is 2.70. The van der Waals surface area contributed by atoms with Crippen molar-refractivity contribution in [3.8, 4) is 17.0 Å². The van der Waals surface area contributed by atoms with Gasteiger partial charge in [0.1, 0.15) is 6.10 Å². The molecule has 2 aromatic carbocycles. The van der Waals surface area contributed by atoms with Crippen LogP contribution in [-0.2, 0) is 0 Å². The van der Waals surface area contributed by atoms with E-state index in [2.05, 4.69) is 28.2 Å². The van der Waals surface area contributed by atoms with Gasteiger partial charge in [0.15, 0.2) is 0 Å². The number of amides is 1. The molecule has 1 aliphatic heterocycles. The lowest BCUT2D eigenvalue weighted by Gasteiger charge is -2.29. The Morgan fingerprint density at radius 3 is 2.75 bits per heavy atom. The fraction of sp³-hybridized carbons (Fsp3) is 0.318. The number of aryl methyl sites for hydroxylation is 1. The van der Waals surface area contributed by atoms with Crippen LogP contribution in [0, 0.1) is 6.92 Å². The molecule has 1 fully saturated rings. The van der Waals surface area contributed by atoms with E-state index in [-0.39, 0.29) is 6.10 Å². The number of likely N-dealkylation sites (tertiary alicyclic amines) is 1. The minimum absolute atomic E-state index is 0.130. The lowest BCUT2D eigenvalue weighted by atomic mass is 9.99. The molecular formula is C22H24N4O2. The fourth-order valence-electron chi connectivity index (χ4n) is 3.75. The molecule has 1 aliphatic rings. The predicted octanol–water partition coefficient (Wildman–Crippen LogP) is 3.18. The lowest BCUT2D eigenvalue weighted by Crippen LogP contribution is -2.38. The minimum atomic E-state index is -0.433. The number of fused-ring (bicyclic) bond motifs is 1. The van der Waals surface area contributed by atoms with Crippen molar-refractivity contribution < 1.29 is 9.53 Å². The quantitative estimate of drug-likeness (QED) is 0.756. The van der Waals surface area contributed by atoms with Crippen LogP contribution in [0.2, 0.25) is 0 Å². The van der Waals surface area contributed by atoms with E-state index in [0.717, 1.165) is 53.5 Å². The van der Waals surface area contributed by atoms with Crippen LogP contribution in [0.25, 0.3) is 21.9 Å². The molecule has 1 saturated heterocycles. The lowest BCUT2D eigenvalue weighted by molar-refractivity contribution is 0.0998. The Balaban J connectivity index is 1.71. The third-order valence-electron chi connectivity index (χ3n) is 5.27. The molecule has 6 nitrogen and oxygen atoms in total. The van der Waals surface area contributed by atoms with Gasteiger partial charge < -0.3 is 15.4 Å². The maximum Gasteiger partial charge on any atom is 0.248 e. The summed E-state index contributed by atoms with van der Waals surface area (Å²) >= 11 is 0. The first-order valence-corrected chi connectivity index (χ1v) is 9.54.